The maximum absolute atomic E-state index is 13.1. The van der Waals surface area contributed by atoms with E-state index in [-0.39, 0.29) is 17.9 Å². The highest BCUT2D eigenvalue weighted by Gasteiger charge is 2.20. The van der Waals surface area contributed by atoms with Crippen molar-refractivity contribution in [2.24, 2.45) is 0 Å². The van der Waals surface area contributed by atoms with Crippen LogP contribution in [0.2, 0.25) is 0 Å². The van der Waals surface area contributed by atoms with Crippen molar-refractivity contribution in [3.8, 4) is 0 Å². The molecule has 1 unspecified atom stereocenters. The lowest BCUT2D eigenvalue weighted by Gasteiger charge is -2.15. The minimum absolute atomic E-state index is 0.0482. The molecule has 0 saturated heterocycles. The Hall–Kier alpha value is -2.51. The summed E-state index contributed by atoms with van der Waals surface area (Å²) in [6.45, 7) is 1.99. The number of aromatic nitrogens is 2. The van der Waals surface area contributed by atoms with E-state index in [9.17, 15) is 14.0 Å². The number of hydrogen-bond donors (Lipinski definition) is 1. The molecular formula is C20H19FN2O3S. The van der Waals surface area contributed by atoms with Crippen LogP contribution in [-0.2, 0) is 6.54 Å². The Labute approximate surface area is 159 Å². The van der Waals surface area contributed by atoms with Crippen molar-refractivity contribution in [3.05, 3.63) is 70.3 Å². The summed E-state index contributed by atoms with van der Waals surface area (Å²) in [7, 11) is 0. The maximum atomic E-state index is 13.1. The predicted octanol–water partition coefficient (Wildman–Crippen LogP) is 3.28. The number of para-hydroxylation sites is 1. The predicted molar refractivity (Wildman–Crippen MR) is 104 cm³/mol. The highest BCUT2D eigenvalue weighted by Crippen LogP contribution is 2.25. The van der Waals surface area contributed by atoms with Crippen LogP contribution in [0, 0.1) is 5.82 Å². The molecule has 0 fully saturated rings. The number of carbonyl (C=O) groups is 1. The normalized spacial score (nSPS) is 12.3. The fourth-order valence-corrected chi connectivity index (χ4v) is 3.74. The van der Waals surface area contributed by atoms with E-state index >= 15 is 0 Å². The van der Waals surface area contributed by atoms with E-state index in [1.54, 1.807) is 31.2 Å². The summed E-state index contributed by atoms with van der Waals surface area (Å²) in [6, 6.07) is 12.4. The van der Waals surface area contributed by atoms with E-state index < -0.39 is 11.1 Å². The average molecular weight is 386 g/mol. The summed E-state index contributed by atoms with van der Waals surface area (Å²) in [5, 5.41) is 9.55. The number of aliphatic hydroxyl groups is 1. The van der Waals surface area contributed by atoms with Gasteiger partial charge in [-0.25, -0.2) is 9.37 Å². The molecule has 0 radical (unpaired) electrons. The van der Waals surface area contributed by atoms with Gasteiger partial charge in [0.25, 0.3) is 5.56 Å². The van der Waals surface area contributed by atoms with Crippen molar-refractivity contribution in [3.63, 3.8) is 0 Å². The summed E-state index contributed by atoms with van der Waals surface area (Å²) >= 11 is 1.18. The van der Waals surface area contributed by atoms with Crippen molar-refractivity contribution in [1.82, 2.24) is 9.55 Å². The number of halogens is 1. The second kappa shape index (κ2) is 8.45. The number of aliphatic hydroxyl groups excluding tert-OH is 1. The van der Waals surface area contributed by atoms with Crippen LogP contribution < -0.4 is 5.56 Å². The molecule has 2 aromatic carbocycles. The number of nitrogens with zero attached hydrogens (tertiary/aromatic N) is 2. The highest BCUT2D eigenvalue weighted by molar-refractivity contribution is 8.00. The van der Waals surface area contributed by atoms with E-state index in [2.05, 4.69) is 4.98 Å². The van der Waals surface area contributed by atoms with E-state index in [0.29, 0.717) is 34.6 Å². The Morgan fingerprint density at radius 3 is 2.63 bits per heavy atom. The molecule has 0 aliphatic carbocycles. The molecule has 7 heteroatoms. The lowest BCUT2D eigenvalue weighted by molar-refractivity contribution is 0.0993. The minimum Gasteiger partial charge on any atom is -0.396 e. The van der Waals surface area contributed by atoms with Gasteiger partial charge in [-0.1, -0.05) is 23.9 Å². The summed E-state index contributed by atoms with van der Waals surface area (Å²) in [5.41, 5.74) is 0.770. The van der Waals surface area contributed by atoms with Gasteiger partial charge in [-0.05, 0) is 49.7 Å². The Morgan fingerprint density at radius 1 is 1.22 bits per heavy atom. The Balaban J connectivity index is 1.95. The zero-order chi connectivity index (χ0) is 19.4. The number of rotatable bonds is 7. The van der Waals surface area contributed by atoms with Gasteiger partial charge in [0.2, 0.25) is 0 Å². The van der Waals surface area contributed by atoms with E-state index in [1.165, 1.54) is 40.6 Å². The van der Waals surface area contributed by atoms with Crippen molar-refractivity contribution >= 4 is 28.4 Å². The van der Waals surface area contributed by atoms with E-state index in [4.69, 9.17) is 5.11 Å². The Kier molecular flexibility index (Phi) is 6.03. The second-order valence-corrected chi connectivity index (χ2v) is 7.38. The largest absolute Gasteiger partial charge is 0.396 e. The number of benzene rings is 2. The zero-order valence-electron chi connectivity index (χ0n) is 14.8. The van der Waals surface area contributed by atoms with Gasteiger partial charge < -0.3 is 5.11 Å². The second-order valence-electron chi connectivity index (χ2n) is 6.08. The molecule has 5 nitrogen and oxygen atoms in total. The van der Waals surface area contributed by atoms with Gasteiger partial charge >= 0.3 is 0 Å². The van der Waals surface area contributed by atoms with E-state index in [0.717, 1.165) is 0 Å². The lowest BCUT2D eigenvalue weighted by atomic mass is 10.1. The SMILES string of the molecule is CC(Sc1nc2ccccc2c(=O)n1CCCO)C(=O)c1ccc(F)cc1. The fraction of sp³-hybridized carbons (Fsp3) is 0.250. The van der Waals surface area contributed by atoms with Crippen LogP contribution in [-0.4, -0.2) is 32.3 Å². The summed E-state index contributed by atoms with van der Waals surface area (Å²) in [6.07, 6.45) is 0.410. The first kappa shape index (κ1) is 19.3. The van der Waals surface area contributed by atoms with Gasteiger partial charge in [0, 0.05) is 18.7 Å². The van der Waals surface area contributed by atoms with Crippen LogP contribution in [0.4, 0.5) is 4.39 Å². The standard InChI is InChI=1S/C20H19FN2O3S/c1-13(18(25)14-7-9-15(21)10-8-14)27-20-22-17-6-3-2-5-16(17)19(26)23(20)11-4-12-24/h2-3,5-10,13,24H,4,11-12H2,1H3. The van der Waals surface area contributed by atoms with Crippen LogP contribution in [0.15, 0.2) is 58.5 Å². The van der Waals surface area contributed by atoms with Crippen molar-refractivity contribution in [2.45, 2.75) is 30.3 Å². The Bertz CT molecular complexity index is 1020. The number of carbonyl (C=O) groups excluding carboxylic acids is 1. The molecule has 1 N–H and O–H groups in total. The monoisotopic (exact) mass is 386 g/mol. The number of Topliss-reactive ketones (excluding diaryl/α,β-unsaturated/α-hetero) is 1. The number of fused-ring (bicyclic) bond motifs is 1. The van der Waals surface area contributed by atoms with Crippen molar-refractivity contribution < 1.29 is 14.3 Å². The molecule has 0 saturated carbocycles. The number of hydrogen-bond acceptors (Lipinski definition) is 5. The van der Waals surface area contributed by atoms with Crippen LogP contribution in [0.3, 0.4) is 0 Å². The quantitative estimate of drug-likeness (QED) is 0.383. The average Bonchev–Trinajstić information content (AvgIpc) is 2.68. The molecule has 1 atom stereocenters. The lowest BCUT2D eigenvalue weighted by Crippen LogP contribution is -2.25. The molecule has 0 aliphatic heterocycles. The first-order chi connectivity index (χ1) is 13.0. The zero-order valence-corrected chi connectivity index (χ0v) is 15.6. The molecule has 3 aromatic rings. The maximum Gasteiger partial charge on any atom is 0.262 e. The highest BCUT2D eigenvalue weighted by atomic mass is 32.2. The van der Waals surface area contributed by atoms with Crippen molar-refractivity contribution in [1.29, 1.82) is 0 Å². The molecular weight excluding hydrogens is 367 g/mol. The molecule has 0 bridgehead atoms. The van der Waals surface area contributed by atoms with Gasteiger partial charge in [-0.15, -0.1) is 0 Å². The van der Waals surface area contributed by atoms with Gasteiger partial charge in [0.05, 0.1) is 16.2 Å². The van der Waals surface area contributed by atoms with Crippen LogP contribution >= 0.6 is 11.8 Å². The topological polar surface area (TPSA) is 72.2 Å². The third-order valence-electron chi connectivity index (χ3n) is 4.15. The van der Waals surface area contributed by atoms with Gasteiger partial charge in [0.15, 0.2) is 10.9 Å². The number of ketones is 1. The first-order valence-electron chi connectivity index (χ1n) is 8.58. The van der Waals surface area contributed by atoms with Crippen LogP contribution in [0.5, 0.6) is 0 Å². The van der Waals surface area contributed by atoms with Crippen LogP contribution in [0.1, 0.15) is 23.7 Å². The van der Waals surface area contributed by atoms with Gasteiger partial charge in [0.1, 0.15) is 5.82 Å². The third kappa shape index (κ3) is 4.26. The van der Waals surface area contributed by atoms with E-state index in [1.807, 2.05) is 0 Å². The molecule has 3 rings (SSSR count). The fourth-order valence-electron chi connectivity index (χ4n) is 2.72. The molecule has 1 aromatic heterocycles. The molecule has 0 spiro atoms. The first-order valence-corrected chi connectivity index (χ1v) is 9.46. The number of thioether (sulfide) groups is 1. The summed E-state index contributed by atoms with van der Waals surface area (Å²) < 4.78 is 14.6. The molecule has 0 aliphatic rings. The Morgan fingerprint density at radius 2 is 1.93 bits per heavy atom. The summed E-state index contributed by atoms with van der Waals surface area (Å²) in [5.74, 6) is -0.572. The molecule has 1 heterocycles. The molecule has 27 heavy (non-hydrogen) atoms. The smallest absolute Gasteiger partial charge is 0.262 e. The molecule has 0 amide bonds. The van der Waals surface area contributed by atoms with Crippen molar-refractivity contribution in [2.75, 3.05) is 6.61 Å². The third-order valence-corrected chi connectivity index (χ3v) is 5.24. The van der Waals surface area contributed by atoms with Crippen LogP contribution in [0.25, 0.3) is 10.9 Å². The molecule has 140 valence electrons. The van der Waals surface area contributed by atoms with Gasteiger partial charge in [-0.2, -0.15) is 0 Å². The van der Waals surface area contributed by atoms with Gasteiger partial charge in [-0.3, -0.25) is 14.2 Å². The minimum atomic E-state index is -0.510. The summed E-state index contributed by atoms with van der Waals surface area (Å²) in [4.78, 5) is 30.0.